The molecule has 2 nitrogen and oxygen atoms in total. The largest absolute Gasteiger partial charge is 0.494 e. The molecular weight excluding hydrogens is 309 g/mol. The number of hydrogen-bond donors (Lipinski definition) is 1. The number of hydrogen-bond acceptors (Lipinski definition) is 2. The molecule has 0 spiro atoms. The van der Waals surface area contributed by atoms with Crippen LogP contribution in [0.3, 0.4) is 0 Å². The summed E-state index contributed by atoms with van der Waals surface area (Å²) in [7, 11) is 0. The predicted molar refractivity (Wildman–Crippen MR) is 79.0 cm³/mol. The molecule has 0 heterocycles. The van der Waals surface area contributed by atoms with E-state index in [-0.39, 0.29) is 5.82 Å². The fourth-order valence-corrected chi connectivity index (χ4v) is 2.03. The van der Waals surface area contributed by atoms with Gasteiger partial charge in [0.15, 0.2) is 0 Å². The van der Waals surface area contributed by atoms with Crippen LogP contribution in [-0.2, 0) is 6.54 Å². The maximum absolute atomic E-state index is 13.6. The maximum Gasteiger partial charge on any atom is 0.147 e. The van der Waals surface area contributed by atoms with Crippen molar-refractivity contribution in [1.82, 2.24) is 0 Å². The first-order chi connectivity index (χ1) is 9.19. The van der Waals surface area contributed by atoms with Crippen molar-refractivity contribution in [1.29, 1.82) is 0 Å². The lowest BCUT2D eigenvalue weighted by molar-refractivity contribution is 0.340. The van der Waals surface area contributed by atoms with Gasteiger partial charge >= 0.3 is 0 Å². The molecule has 2 aromatic rings. The van der Waals surface area contributed by atoms with E-state index in [1.165, 1.54) is 6.07 Å². The topological polar surface area (TPSA) is 21.3 Å². The molecule has 0 atom stereocenters. The summed E-state index contributed by atoms with van der Waals surface area (Å²) >= 11 is 3.23. The standard InChI is InChI=1S/C15H15BrFNO/c1-2-19-13-6-3-11(4-7-13)10-18-15-8-5-12(16)9-14(15)17/h3-9,18H,2,10H2,1H3. The van der Waals surface area contributed by atoms with Gasteiger partial charge in [0.1, 0.15) is 11.6 Å². The highest BCUT2D eigenvalue weighted by Crippen LogP contribution is 2.20. The lowest BCUT2D eigenvalue weighted by Gasteiger charge is -2.09. The van der Waals surface area contributed by atoms with Gasteiger partial charge in [0.2, 0.25) is 0 Å². The van der Waals surface area contributed by atoms with Gasteiger partial charge in [-0.1, -0.05) is 28.1 Å². The second-order valence-corrected chi connectivity index (χ2v) is 4.97. The van der Waals surface area contributed by atoms with E-state index in [4.69, 9.17) is 4.74 Å². The first-order valence-electron chi connectivity index (χ1n) is 6.09. The third kappa shape index (κ3) is 3.96. The molecule has 0 radical (unpaired) electrons. The normalized spacial score (nSPS) is 10.3. The summed E-state index contributed by atoms with van der Waals surface area (Å²) in [6.45, 7) is 3.18. The van der Waals surface area contributed by atoms with Crippen molar-refractivity contribution in [3.05, 3.63) is 58.3 Å². The summed E-state index contributed by atoms with van der Waals surface area (Å²) in [5.74, 6) is 0.585. The molecule has 0 aliphatic rings. The molecule has 0 saturated carbocycles. The van der Waals surface area contributed by atoms with Crippen LogP contribution in [0.15, 0.2) is 46.9 Å². The van der Waals surface area contributed by atoms with Crippen LogP contribution in [-0.4, -0.2) is 6.61 Å². The Bertz CT molecular complexity index is 542. The van der Waals surface area contributed by atoms with E-state index in [0.29, 0.717) is 18.8 Å². The van der Waals surface area contributed by atoms with E-state index in [0.717, 1.165) is 15.8 Å². The third-order valence-corrected chi connectivity index (χ3v) is 3.14. The smallest absolute Gasteiger partial charge is 0.147 e. The van der Waals surface area contributed by atoms with Crippen LogP contribution in [0.25, 0.3) is 0 Å². The molecule has 0 aromatic heterocycles. The zero-order valence-corrected chi connectivity index (χ0v) is 12.2. The van der Waals surface area contributed by atoms with Crippen LogP contribution in [0.5, 0.6) is 5.75 Å². The second kappa shape index (κ2) is 6.57. The minimum atomic E-state index is -0.264. The summed E-state index contributed by atoms with van der Waals surface area (Å²) < 4.78 is 19.7. The first kappa shape index (κ1) is 13.9. The Morgan fingerprint density at radius 3 is 2.53 bits per heavy atom. The highest BCUT2D eigenvalue weighted by Gasteiger charge is 2.02. The van der Waals surface area contributed by atoms with Crippen molar-refractivity contribution in [2.45, 2.75) is 13.5 Å². The van der Waals surface area contributed by atoms with Gasteiger partial charge < -0.3 is 10.1 Å². The van der Waals surface area contributed by atoms with Gasteiger partial charge in [-0.3, -0.25) is 0 Å². The summed E-state index contributed by atoms with van der Waals surface area (Å²) in [6, 6.07) is 12.7. The van der Waals surface area contributed by atoms with Gasteiger partial charge in [-0.15, -0.1) is 0 Å². The van der Waals surface area contributed by atoms with Gasteiger partial charge in [-0.25, -0.2) is 4.39 Å². The summed E-state index contributed by atoms with van der Waals surface area (Å²) in [5, 5.41) is 3.07. The quantitative estimate of drug-likeness (QED) is 0.868. The van der Waals surface area contributed by atoms with Crippen molar-refractivity contribution >= 4 is 21.6 Å². The molecule has 0 fully saturated rings. The second-order valence-electron chi connectivity index (χ2n) is 4.05. The fourth-order valence-electron chi connectivity index (χ4n) is 1.70. The Hall–Kier alpha value is -1.55. The molecule has 100 valence electrons. The number of halogens is 2. The number of anilines is 1. The first-order valence-corrected chi connectivity index (χ1v) is 6.89. The third-order valence-electron chi connectivity index (χ3n) is 2.65. The van der Waals surface area contributed by atoms with Crippen molar-refractivity contribution in [2.75, 3.05) is 11.9 Å². The zero-order chi connectivity index (χ0) is 13.7. The highest BCUT2D eigenvalue weighted by molar-refractivity contribution is 9.10. The van der Waals surface area contributed by atoms with Crippen molar-refractivity contribution in [3.8, 4) is 5.75 Å². The van der Waals surface area contributed by atoms with E-state index in [1.54, 1.807) is 6.07 Å². The Morgan fingerprint density at radius 2 is 1.89 bits per heavy atom. The zero-order valence-electron chi connectivity index (χ0n) is 10.6. The van der Waals surface area contributed by atoms with Gasteiger partial charge in [-0.2, -0.15) is 0 Å². The minimum absolute atomic E-state index is 0.264. The summed E-state index contributed by atoms with van der Waals surface area (Å²) in [5.41, 5.74) is 1.57. The van der Waals surface area contributed by atoms with Crippen molar-refractivity contribution in [2.24, 2.45) is 0 Å². The Balaban J connectivity index is 1.98. The van der Waals surface area contributed by atoms with E-state index >= 15 is 0 Å². The Labute approximate surface area is 120 Å². The molecule has 0 amide bonds. The van der Waals surface area contributed by atoms with E-state index in [2.05, 4.69) is 21.2 Å². The molecular formula is C15H15BrFNO. The fraction of sp³-hybridized carbons (Fsp3) is 0.200. The van der Waals surface area contributed by atoms with E-state index in [1.807, 2.05) is 37.3 Å². The molecule has 19 heavy (non-hydrogen) atoms. The van der Waals surface area contributed by atoms with Crippen LogP contribution in [0, 0.1) is 5.82 Å². The SMILES string of the molecule is CCOc1ccc(CNc2ccc(Br)cc2F)cc1. The van der Waals surface area contributed by atoms with Crippen LogP contribution in [0.2, 0.25) is 0 Å². The molecule has 0 saturated heterocycles. The predicted octanol–water partition coefficient (Wildman–Crippen LogP) is 4.60. The van der Waals surface area contributed by atoms with Crippen LogP contribution in [0.1, 0.15) is 12.5 Å². The molecule has 4 heteroatoms. The Morgan fingerprint density at radius 1 is 1.16 bits per heavy atom. The summed E-state index contributed by atoms with van der Waals surface area (Å²) in [6.07, 6.45) is 0. The summed E-state index contributed by atoms with van der Waals surface area (Å²) in [4.78, 5) is 0. The van der Waals surface area contributed by atoms with Crippen LogP contribution in [0.4, 0.5) is 10.1 Å². The molecule has 0 unspecified atom stereocenters. The highest BCUT2D eigenvalue weighted by atomic mass is 79.9. The van der Waals surface area contributed by atoms with Crippen LogP contribution < -0.4 is 10.1 Å². The molecule has 2 rings (SSSR count). The van der Waals surface area contributed by atoms with Gasteiger partial charge in [-0.05, 0) is 42.8 Å². The monoisotopic (exact) mass is 323 g/mol. The van der Waals surface area contributed by atoms with E-state index in [9.17, 15) is 4.39 Å². The van der Waals surface area contributed by atoms with Gasteiger partial charge in [0, 0.05) is 11.0 Å². The average Bonchev–Trinajstić information content (AvgIpc) is 2.40. The Kier molecular flexibility index (Phi) is 4.80. The number of rotatable bonds is 5. The van der Waals surface area contributed by atoms with Crippen LogP contribution >= 0.6 is 15.9 Å². The minimum Gasteiger partial charge on any atom is -0.494 e. The van der Waals surface area contributed by atoms with E-state index < -0.39 is 0 Å². The van der Waals surface area contributed by atoms with Crippen molar-refractivity contribution in [3.63, 3.8) is 0 Å². The average molecular weight is 324 g/mol. The maximum atomic E-state index is 13.6. The van der Waals surface area contributed by atoms with Gasteiger partial charge in [0.25, 0.3) is 0 Å². The van der Waals surface area contributed by atoms with Gasteiger partial charge in [0.05, 0.1) is 12.3 Å². The number of nitrogens with one attached hydrogen (secondary N) is 1. The van der Waals surface area contributed by atoms with Crippen molar-refractivity contribution < 1.29 is 9.13 Å². The molecule has 1 N–H and O–H groups in total. The molecule has 2 aromatic carbocycles. The molecule has 0 bridgehead atoms. The molecule has 0 aliphatic carbocycles. The lowest BCUT2D eigenvalue weighted by atomic mass is 10.2. The number of benzene rings is 2. The molecule has 0 aliphatic heterocycles. The lowest BCUT2D eigenvalue weighted by Crippen LogP contribution is -2.01. The number of ether oxygens (including phenoxy) is 1.